The van der Waals surface area contributed by atoms with Gasteiger partial charge in [0.2, 0.25) is 21.8 Å². The lowest BCUT2D eigenvalue weighted by Gasteiger charge is -2.30. The molecule has 2 aromatic carbocycles. The molecule has 2 heterocycles. The van der Waals surface area contributed by atoms with Gasteiger partial charge in [0.1, 0.15) is 0 Å². The van der Waals surface area contributed by atoms with Crippen molar-refractivity contribution in [3.05, 3.63) is 63.7 Å². The average Bonchev–Trinajstić information content (AvgIpc) is 3.29. The van der Waals surface area contributed by atoms with Gasteiger partial charge in [-0.05, 0) is 56.0 Å². The number of nitrogens with one attached hydrogen (secondary N) is 1. The molecule has 0 aliphatic carbocycles. The van der Waals surface area contributed by atoms with Crippen molar-refractivity contribution in [2.75, 3.05) is 18.4 Å². The molecule has 11 nitrogen and oxygen atoms in total. The van der Waals surface area contributed by atoms with Crippen LogP contribution < -0.4 is 5.32 Å². The molecule has 1 fully saturated rings. The van der Waals surface area contributed by atoms with Crippen molar-refractivity contribution in [2.45, 2.75) is 31.6 Å². The molecule has 178 valence electrons. The smallest absolute Gasteiger partial charge is 0.322 e. The highest BCUT2D eigenvalue weighted by Gasteiger charge is 2.32. The van der Waals surface area contributed by atoms with E-state index in [4.69, 9.17) is 4.42 Å². The summed E-state index contributed by atoms with van der Waals surface area (Å²) in [7, 11) is -3.63. The number of carbonyl (C=O) groups excluding carboxylic acids is 1. The zero-order chi connectivity index (χ0) is 24.5. The number of nitro groups is 1. The first kappa shape index (κ1) is 23.5. The Morgan fingerprint density at radius 3 is 2.53 bits per heavy atom. The summed E-state index contributed by atoms with van der Waals surface area (Å²) in [5, 5.41) is 21.1. The fraction of sp³-hybridized carbons (Fsp3) is 0.318. The number of non-ortho nitro benzene ring substituents is 1. The number of amides is 1. The minimum absolute atomic E-state index is 0.0355. The molecule has 0 unspecified atom stereocenters. The monoisotopic (exact) mass is 485 g/mol. The molecule has 1 aliphatic heterocycles. The van der Waals surface area contributed by atoms with Gasteiger partial charge in [0.15, 0.2) is 0 Å². The Morgan fingerprint density at radius 1 is 1.12 bits per heavy atom. The number of hydrogen-bond acceptors (Lipinski definition) is 8. The van der Waals surface area contributed by atoms with Gasteiger partial charge < -0.3 is 4.42 Å². The highest BCUT2D eigenvalue weighted by molar-refractivity contribution is 7.89. The molecule has 0 atom stereocenters. The van der Waals surface area contributed by atoms with Crippen LogP contribution >= 0.6 is 0 Å². The third kappa shape index (κ3) is 4.82. The Morgan fingerprint density at radius 2 is 1.85 bits per heavy atom. The number of aryl methyl sites for hydroxylation is 2. The van der Waals surface area contributed by atoms with Crippen molar-refractivity contribution in [3.63, 3.8) is 0 Å². The number of hydrogen-bond donors (Lipinski definition) is 1. The van der Waals surface area contributed by atoms with Gasteiger partial charge in [-0.2, -0.15) is 4.31 Å². The van der Waals surface area contributed by atoms with Crippen LogP contribution in [0, 0.1) is 29.9 Å². The van der Waals surface area contributed by atoms with Gasteiger partial charge >= 0.3 is 6.01 Å². The SMILES string of the molecule is Cc1ccc(S(=O)(=O)N2CCC(C(=O)Nc3nnc(-c4cccc([N+](=O)[O-])c4)o3)CC2)cc1C. The lowest BCUT2D eigenvalue weighted by Crippen LogP contribution is -2.41. The Labute approximate surface area is 196 Å². The molecule has 1 aromatic heterocycles. The van der Waals surface area contributed by atoms with Crippen molar-refractivity contribution < 1.29 is 22.6 Å². The van der Waals surface area contributed by atoms with Crippen molar-refractivity contribution in [1.82, 2.24) is 14.5 Å². The van der Waals surface area contributed by atoms with Crippen LogP contribution in [-0.4, -0.2) is 46.8 Å². The third-order valence-corrected chi connectivity index (χ3v) is 7.79. The van der Waals surface area contributed by atoms with E-state index < -0.39 is 20.9 Å². The minimum atomic E-state index is -3.63. The number of benzene rings is 2. The largest absolute Gasteiger partial charge is 0.403 e. The van der Waals surface area contributed by atoms with Crippen LogP contribution in [0.25, 0.3) is 11.5 Å². The van der Waals surface area contributed by atoms with Gasteiger partial charge in [0.25, 0.3) is 5.69 Å². The Hall–Kier alpha value is -3.64. The molecule has 0 radical (unpaired) electrons. The summed E-state index contributed by atoms with van der Waals surface area (Å²) in [6.07, 6.45) is 0.698. The number of carbonyl (C=O) groups is 1. The van der Waals surface area contributed by atoms with E-state index in [9.17, 15) is 23.3 Å². The highest BCUT2D eigenvalue weighted by atomic mass is 32.2. The number of aromatic nitrogens is 2. The van der Waals surface area contributed by atoms with Gasteiger partial charge in [-0.25, -0.2) is 8.42 Å². The van der Waals surface area contributed by atoms with E-state index in [0.29, 0.717) is 18.4 Å². The molecule has 3 aromatic rings. The van der Waals surface area contributed by atoms with Gasteiger partial charge in [-0.1, -0.05) is 17.2 Å². The van der Waals surface area contributed by atoms with E-state index in [2.05, 4.69) is 15.5 Å². The lowest BCUT2D eigenvalue weighted by atomic mass is 9.97. The third-order valence-electron chi connectivity index (χ3n) is 5.90. The minimum Gasteiger partial charge on any atom is -0.403 e. The number of nitrogens with zero attached hydrogens (tertiary/aromatic N) is 4. The molecule has 1 saturated heterocycles. The normalized spacial score (nSPS) is 15.2. The molecule has 0 saturated carbocycles. The molecule has 0 spiro atoms. The molecule has 1 amide bonds. The second-order valence-electron chi connectivity index (χ2n) is 8.13. The van der Waals surface area contributed by atoms with Crippen LogP contribution in [0.3, 0.4) is 0 Å². The maximum Gasteiger partial charge on any atom is 0.322 e. The summed E-state index contributed by atoms with van der Waals surface area (Å²) in [6, 6.07) is 10.6. The van der Waals surface area contributed by atoms with Crippen molar-refractivity contribution in [3.8, 4) is 11.5 Å². The summed E-state index contributed by atoms with van der Waals surface area (Å²) < 4.78 is 32.8. The molecule has 1 N–H and O–H groups in total. The van der Waals surface area contributed by atoms with E-state index in [-0.39, 0.29) is 41.5 Å². The second-order valence-corrected chi connectivity index (χ2v) is 10.1. The molecule has 1 aliphatic rings. The fourth-order valence-electron chi connectivity index (χ4n) is 3.73. The van der Waals surface area contributed by atoms with E-state index in [1.807, 2.05) is 13.8 Å². The summed E-state index contributed by atoms with van der Waals surface area (Å²) in [6.45, 7) is 4.23. The molecule has 12 heteroatoms. The van der Waals surface area contributed by atoms with E-state index in [1.165, 1.54) is 22.5 Å². The summed E-state index contributed by atoms with van der Waals surface area (Å²) >= 11 is 0. The first-order valence-electron chi connectivity index (χ1n) is 10.6. The maximum absolute atomic E-state index is 13.0. The molecule has 4 rings (SSSR count). The standard InChI is InChI=1S/C22H23N5O6S/c1-14-6-7-19(12-15(14)2)34(31,32)26-10-8-16(9-11-26)20(28)23-22-25-24-21(33-22)17-4-3-5-18(13-17)27(29)30/h3-7,12-13,16H,8-11H2,1-2H3,(H,23,25,28). The van der Waals surface area contributed by atoms with E-state index >= 15 is 0 Å². The van der Waals surface area contributed by atoms with Crippen molar-refractivity contribution in [2.24, 2.45) is 5.92 Å². The Kier molecular flexibility index (Phi) is 6.44. The Bertz CT molecular complexity index is 1350. The molecular formula is C22H23N5O6S. The first-order valence-corrected chi connectivity index (χ1v) is 12.1. The molecule has 0 bridgehead atoms. The van der Waals surface area contributed by atoms with Gasteiger partial charge in [0.05, 0.1) is 9.82 Å². The number of sulfonamides is 1. The van der Waals surface area contributed by atoms with E-state index in [0.717, 1.165) is 11.1 Å². The average molecular weight is 486 g/mol. The van der Waals surface area contributed by atoms with Crippen molar-refractivity contribution >= 4 is 27.6 Å². The van der Waals surface area contributed by atoms with Gasteiger partial charge in [0, 0.05) is 36.7 Å². The van der Waals surface area contributed by atoms with Crippen LogP contribution in [-0.2, 0) is 14.8 Å². The summed E-state index contributed by atoms with van der Waals surface area (Å²) in [5.41, 5.74) is 2.15. The molecular weight excluding hydrogens is 462 g/mol. The highest BCUT2D eigenvalue weighted by Crippen LogP contribution is 2.27. The fourth-order valence-corrected chi connectivity index (χ4v) is 5.29. The summed E-state index contributed by atoms with van der Waals surface area (Å²) in [5.74, 6) is -0.731. The zero-order valence-corrected chi connectivity index (χ0v) is 19.4. The first-order chi connectivity index (χ1) is 16.1. The number of anilines is 1. The van der Waals surface area contributed by atoms with Gasteiger partial charge in [-0.3, -0.25) is 20.2 Å². The lowest BCUT2D eigenvalue weighted by molar-refractivity contribution is -0.384. The molecule has 34 heavy (non-hydrogen) atoms. The van der Waals surface area contributed by atoms with E-state index in [1.54, 1.807) is 24.3 Å². The predicted molar refractivity (Wildman–Crippen MR) is 122 cm³/mol. The quantitative estimate of drug-likeness (QED) is 0.413. The summed E-state index contributed by atoms with van der Waals surface area (Å²) in [4.78, 5) is 23.3. The number of rotatable bonds is 6. The van der Waals surface area contributed by atoms with Crippen LogP contribution in [0.2, 0.25) is 0 Å². The zero-order valence-electron chi connectivity index (χ0n) is 18.6. The Balaban J connectivity index is 1.37. The van der Waals surface area contributed by atoms with Crippen LogP contribution in [0.1, 0.15) is 24.0 Å². The second kappa shape index (κ2) is 9.31. The topological polar surface area (TPSA) is 149 Å². The van der Waals surface area contributed by atoms with Crippen LogP contribution in [0.4, 0.5) is 11.7 Å². The van der Waals surface area contributed by atoms with Crippen LogP contribution in [0.15, 0.2) is 51.8 Å². The number of nitro benzene ring substituents is 1. The van der Waals surface area contributed by atoms with Crippen molar-refractivity contribution in [1.29, 1.82) is 0 Å². The maximum atomic E-state index is 13.0. The number of piperidine rings is 1. The van der Waals surface area contributed by atoms with Crippen LogP contribution in [0.5, 0.6) is 0 Å². The van der Waals surface area contributed by atoms with Gasteiger partial charge in [-0.15, -0.1) is 5.10 Å². The predicted octanol–water partition coefficient (Wildman–Crippen LogP) is 3.30.